The maximum Gasteiger partial charge on any atom is 0.234 e. The predicted molar refractivity (Wildman–Crippen MR) is 69.6 cm³/mol. The molecule has 1 rings (SSSR count). The van der Waals surface area contributed by atoms with Crippen LogP contribution in [-0.2, 0) is 9.59 Å². The second-order valence-corrected chi connectivity index (χ2v) is 5.63. The lowest BCUT2D eigenvalue weighted by Gasteiger charge is -2.47. The number of isocyanates is 2. The smallest absolute Gasteiger partial charge is 0.211 e. The van der Waals surface area contributed by atoms with Crippen molar-refractivity contribution in [1.82, 2.24) is 0 Å². The SMILES string of the molecule is CC1C(C)C(CN=C=O)C(C)C(C)C1CN=C=O. The van der Waals surface area contributed by atoms with Crippen molar-refractivity contribution < 1.29 is 9.59 Å². The molecule has 1 fully saturated rings. The first kappa shape index (κ1) is 14.8. The van der Waals surface area contributed by atoms with Crippen LogP contribution in [0, 0.1) is 35.5 Å². The molecule has 18 heavy (non-hydrogen) atoms. The lowest BCUT2D eigenvalue weighted by atomic mass is 9.59. The van der Waals surface area contributed by atoms with Crippen molar-refractivity contribution in [2.75, 3.05) is 13.1 Å². The van der Waals surface area contributed by atoms with Crippen molar-refractivity contribution in [3.63, 3.8) is 0 Å². The Hall–Kier alpha value is -1.24. The third-order valence-corrected chi connectivity index (χ3v) is 5.09. The first-order valence-electron chi connectivity index (χ1n) is 6.61. The Morgan fingerprint density at radius 2 is 1.00 bits per heavy atom. The molecule has 0 heterocycles. The third-order valence-electron chi connectivity index (χ3n) is 5.09. The van der Waals surface area contributed by atoms with Gasteiger partial charge in [-0.05, 0) is 35.5 Å². The highest BCUT2D eigenvalue weighted by Gasteiger charge is 2.42. The van der Waals surface area contributed by atoms with Gasteiger partial charge in [0.1, 0.15) is 0 Å². The minimum Gasteiger partial charge on any atom is -0.211 e. The molecular formula is C14H22N2O2. The zero-order valence-corrected chi connectivity index (χ0v) is 11.6. The van der Waals surface area contributed by atoms with Gasteiger partial charge < -0.3 is 0 Å². The summed E-state index contributed by atoms with van der Waals surface area (Å²) in [6.45, 7) is 9.94. The molecule has 0 saturated heterocycles. The molecule has 0 amide bonds. The van der Waals surface area contributed by atoms with Crippen molar-refractivity contribution in [1.29, 1.82) is 0 Å². The van der Waals surface area contributed by atoms with E-state index in [9.17, 15) is 9.59 Å². The molecule has 0 bridgehead atoms. The summed E-state index contributed by atoms with van der Waals surface area (Å²) < 4.78 is 0. The van der Waals surface area contributed by atoms with Crippen LogP contribution in [0.1, 0.15) is 27.7 Å². The van der Waals surface area contributed by atoms with Crippen LogP contribution in [-0.4, -0.2) is 25.2 Å². The standard InChI is InChI=1S/C14H22N2O2/c1-9-10(2)14(6-16-8-18)12(4)11(3)13(9)5-15-7-17/h9-14H,5-6H2,1-4H3. The van der Waals surface area contributed by atoms with Gasteiger partial charge in [-0.15, -0.1) is 0 Å². The molecule has 100 valence electrons. The van der Waals surface area contributed by atoms with Crippen LogP contribution < -0.4 is 0 Å². The quantitative estimate of drug-likeness (QED) is 0.568. The number of aliphatic imine (C=N–C) groups is 2. The van der Waals surface area contributed by atoms with Gasteiger partial charge in [0.05, 0.1) is 13.1 Å². The second kappa shape index (κ2) is 6.63. The lowest BCUT2D eigenvalue weighted by Crippen LogP contribution is -2.44. The van der Waals surface area contributed by atoms with E-state index in [2.05, 4.69) is 37.7 Å². The molecule has 4 unspecified atom stereocenters. The average molecular weight is 250 g/mol. The molecule has 0 aromatic rings. The van der Waals surface area contributed by atoms with E-state index in [1.165, 1.54) is 0 Å². The van der Waals surface area contributed by atoms with Gasteiger partial charge >= 0.3 is 0 Å². The molecule has 0 aromatic heterocycles. The second-order valence-electron chi connectivity index (χ2n) is 5.63. The molecule has 0 radical (unpaired) electrons. The molecule has 0 N–H and O–H groups in total. The molecule has 1 aliphatic rings. The molecule has 0 aromatic carbocycles. The van der Waals surface area contributed by atoms with Crippen molar-refractivity contribution in [3.8, 4) is 0 Å². The minimum absolute atomic E-state index is 0.410. The maximum atomic E-state index is 10.3. The fourth-order valence-electron chi connectivity index (χ4n) is 3.47. The van der Waals surface area contributed by atoms with E-state index in [1.807, 2.05) is 0 Å². The Morgan fingerprint density at radius 1 is 0.722 bits per heavy atom. The Morgan fingerprint density at radius 3 is 1.22 bits per heavy atom. The van der Waals surface area contributed by atoms with Gasteiger partial charge in [-0.25, -0.2) is 19.6 Å². The Kier molecular flexibility index (Phi) is 5.46. The van der Waals surface area contributed by atoms with Gasteiger partial charge in [0.25, 0.3) is 0 Å². The van der Waals surface area contributed by atoms with Gasteiger partial charge in [-0.1, -0.05) is 27.7 Å². The summed E-state index contributed by atoms with van der Waals surface area (Å²) in [4.78, 5) is 28.1. The van der Waals surface area contributed by atoms with E-state index < -0.39 is 0 Å². The van der Waals surface area contributed by atoms with Gasteiger partial charge in [-0.3, -0.25) is 0 Å². The van der Waals surface area contributed by atoms with E-state index in [-0.39, 0.29) is 0 Å². The van der Waals surface area contributed by atoms with Crippen LogP contribution in [0.2, 0.25) is 0 Å². The van der Waals surface area contributed by atoms with Crippen molar-refractivity contribution >= 4 is 12.2 Å². The third kappa shape index (κ3) is 2.95. The highest BCUT2D eigenvalue weighted by molar-refractivity contribution is 5.33. The fraction of sp³-hybridized carbons (Fsp3) is 0.857. The fourth-order valence-corrected chi connectivity index (χ4v) is 3.47. The Balaban J connectivity index is 2.87. The van der Waals surface area contributed by atoms with Crippen LogP contribution in [0.5, 0.6) is 0 Å². The van der Waals surface area contributed by atoms with Crippen molar-refractivity contribution in [2.24, 2.45) is 45.5 Å². The Labute approximate surface area is 109 Å². The largest absolute Gasteiger partial charge is 0.234 e. The zero-order valence-electron chi connectivity index (χ0n) is 11.6. The van der Waals surface area contributed by atoms with Crippen LogP contribution in [0.3, 0.4) is 0 Å². The van der Waals surface area contributed by atoms with Crippen LogP contribution in [0.4, 0.5) is 0 Å². The molecule has 0 spiro atoms. The van der Waals surface area contributed by atoms with Gasteiger partial charge in [0, 0.05) is 0 Å². The topological polar surface area (TPSA) is 58.9 Å². The molecule has 4 heteroatoms. The maximum absolute atomic E-state index is 10.3. The summed E-state index contributed by atoms with van der Waals surface area (Å²) in [5.41, 5.74) is 0. The van der Waals surface area contributed by atoms with Crippen LogP contribution in [0.15, 0.2) is 9.98 Å². The number of rotatable bonds is 4. The highest BCUT2D eigenvalue weighted by atomic mass is 16.1. The molecule has 0 aliphatic heterocycles. The van der Waals surface area contributed by atoms with Gasteiger partial charge in [0.2, 0.25) is 12.2 Å². The highest BCUT2D eigenvalue weighted by Crippen LogP contribution is 2.45. The number of carbonyl (C=O) groups excluding carboxylic acids is 2. The number of nitrogens with zero attached hydrogens (tertiary/aromatic N) is 2. The summed E-state index contributed by atoms with van der Waals surface area (Å²) in [5, 5.41) is 0. The van der Waals surface area contributed by atoms with Crippen molar-refractivity contribution in [2.45, 2.75) is 27.7 Å². The van der Waals surface area contributed by atoms with Gasteiger partial charge in [-0.2, -0.15) is 0 Å². The molecular weight excluding hydrogens is 228 g/mol. The molecule has 1 saturated carbocycles. The summed E-state index contributed by atoms with van der Waals surface area (Å²) in [5.74, 6) is 2.71. The molecule has 4 atom stereocenters. The first-order chi connectivity index (χ1) is 8.54. The predicted octanol–water partition coefficient (Wildman–Crippen LogP) is 2.45. The van der Waals surface area contributed by atoms with E-state index >= 15 is 0 Å². The van der Waals surface area contributed by atoms with E-state index in [0.29, 0.717) is 48.6 Å². The number of hydrogen-bond acceptors (Lipinski definition) is 4. The normalized spacial score (nSPS) is 39.6. The monoisotopic (exact) mass is 250 g/mol. The van der Waals surface area contributed by atoms with E-state index in [0.717, 1.165) is 0 Å². The van der Waals surface area contributed by atoms with E-state index in [1.54, 1.807) is 12.2 Å². The average Bonchev–Trinajstić information content (AvgIpc) is 2.37. The molecule has 4 nitrogen and oxygen atoms in total. The minimum atomic E-state index is 0.410. The van der Waals surface area contributed by atoms with Crippen molar-refractivity contribution in [3.05, 3.63) is 0 Å². The lowest BCUT2D eigenvalue weighted by molar-refractivity contribution is 0.0208. The van der Waals surface area contributed by atoms with Crippen LogP contribution >= 0.6 is 0 Å². The Bertz CT molecular complexity index is 318. The summed E-state index contributed by atoms with van der Waals surface area (Å²) in [6.07, 6.45) is 3.27. The summed E-state index contributed by atoms with van der Waals surface area (Å²) in [6, 6.07) is 0. The zero-order chi connectivity index (χ0) is 13.7. The molecule has 1 aliphatic carbocycles. The number of hydrogen-bond donors (Lipinski definition) is 0. The van der Waals surface area contributed by atoms with E-state index in [4.69, 9.17) is 0 Å². The van der Waals surface area contributed by atoms with Gasteiger partial charge in [0.15, 0.2) is 0 Å². The first-order valence-corrected chi connectivity index (χ1v) is 6.61. The summed E-state index contributed by atoms with van der Waals surface area (Å²) >= 11 is 0. The van der Waals surface area contributed by atoms with Crippen LogP contribution in [0.25, 0.3) is 0 Å². The summed E-state index contributed by atoms with van der Waals surface area (Å²) in [7, 11) is 0.